The lowest BCUT2D eigenvalue weighted by atomic mass is 9.63. The molecule has 2 rings (SSSR count). The first-order valence-corrected chi connectivity index (χ1v) is 12.8. The Morgan fingerprint density at radius 3 is 1.11 bits per heavy atom. The molecule has 0 bridgehead atoms. The summed E-state index contributed by atoms with van der Waals surface area (Å²) in [7, 11) is 0. The Balaban J connectivity index is 0.000000392. The maximum atomic E-state index is 2.35. The van der Waals surface area contributed by atoms with Crippen LogP contribution in [0.5, 0.6) is 0 Å². The quantitative estimate of drug-likeness (QED) is 0.365. The highest BCUT2D eigenvalue weighted by atomic mass is 14.5. The first-order valence-electron chi connectivity index (χ1n) is 12.8. The van der Waals surface area contributed by atoms with E-state index in [1.54, 1.807) is 0 Å². The second kappa shape index (κ2) is 12.6. The van der Waals surface area contributed by atoms with Crippen LogP contribution in [-0.4, -0.2) is 0 Å². The molecule has 0 saturated heterocycles. The summed E-state index contributed by atoms with van der Waals surface area (Å²) in [6.07, 6.45) is 15.9. The van der Waals surface area contributed by atoms with E-state index < -0.39 is 0 Å². The van der Waals surface area contributed by atoms with Gasteiger partial charge in [-0.25, -0.2) is 0 Å². The smallest absolute Gasteiger partial charge is 0.0297 e. The standard InChI is InChI=1S/C10H20.C9H18.C9H20/c1-4-10(6-5-7-10)8-9(2)3;1-4-9(5-6-9)7-8(2)3;1-6-9(4,5)7-8(2)3/h9H,4-8H2,1-3H3;8H,4-7H2,1-3H3;8H,6-7H2,1-5H3. The van der Waals surface area contributed by atoms with Gasteiger partial charge in [0.25, 0.3) is 0 Å². The molecule has 0 spiro atoms. The van der Waals surface area contributed by atoms with Gasteiger partial charge in [0.1, 0.15) is 0 Å². The third kappa shape index (κ3) is 11.9. The Bertz CT molecular complexity index is 359. The van der Waals surface area contributed by atoms with Crippen LogP contribution in [0, 0.1) is 34.0 Å². The van der Waals surface area contributed by atoms with E-state index in [4.69, 9.17) is 0 Å². The summed E-state index contributed by atoms with van der Waals surface area (Å²) in [5.74, 6) is 2.66. The molecule has 0 aromatic carbocycles. The van der Waals surface area contributed by atoms with Gasteiger partial charge in [-0.1, -0.05) is 102 Å². The fourth-order valence-electron chi connectivity index (χ4n) is 5.24. The third-order valence-corrected chi connectivity index (χ3v) is 7.47. The van der Waals surface area contributed by atoms with Gasteiger partial charge in [0.15, 0.2) is 0 Å². The molecule has 0 N–H and O–H groups in total. The third-order valence-electron chi connectivity index (χ3n) is 7.47. The lowest BCUT2D eigenvalue weighted by molar-refractivity contribution is 0.0948. The van der Waals surface area contributed by atoms with Crippen LogP contribution in [0.2, 0.25) is 0 Å². The minimum absolute atomic E-state index is 0.564. The maximum absolute atomic E-state index is 2.35. The molecule has 0 heterocycles. The molecule has 0 unspecified atom stereocenters. The van der Waals surface area contributed by atoms with Crippen LogP contribution in [-0.2, 0) is 0 Å². The summed E-state index contributed by atoms with van der Waals surface area (Å²) in [5.41, 5.74) is 2.16. The molecule has 2 aliphatic carbocycles. The van der Waals surface area contributed by atoms with Crippen LogP contribution < -0.4 is 0 Å². The number of hydrogen-bond acceptors (Lipinski definition) is 0. The Labute approximate surface area is 181 Å². The predicted molar refractivity (Wildman–Crippen MR) is 131 cm³/mol. The van der Waals surface area contributed by atoms with E-state index in [2.05, 4.69) is 76.2 Å². The zero-order valence-electron chi connectivity index (χ0n) is 22.0. The van der Waals surface area contributed by atoms with Gasteiger partial charge in [-0.15, -0.1) is 0 Å². The maximum Gasteiger partial charge on any atom is -0.0297 e. The summed E-state index contributed by atoms with van der Waals surface area (Å²) in [6, 6.07) is 0. The van der Waals surface area contributed by atoms with Gasteiger partial charge in [0.05, 0.1) is 0 Å². The van der Waals surface area contributed by atoms with Crippen LogP contribution >= 0.6 is 0 Å². The van der Waals surface area contributed by atoms with E-state index in [1.165, 1.54) is 70.6 Å². The molecule has 2 aliphatic rings. The molecule has 0 amide bonds. The molecular weight excluding hydrogens is 336 g/mol. The summed E-state index contributed by atoms with van der Waals surface area (Å²) < 4.78 is 0. The van der Waals surface area contributed by atoms with Gasteiger partial charge in [-0.2, -0.15) is 0 Å². The van der Waals surface area contributed by atoms with E-state index in [0.29, 0.717) is 5.41 Å². The monoisotopic (exact) mass is 394 g/mol. The summed E-state index contributed by atoms with van der Waals surface area (Å²) in [5, 5.41) is 0. The normalized spacial score (nSPS) is 19.5. The van der Waals surface area contributed by atoms with Crippen molar-refractivity contribution in [2.24, 2.45) is 34.0 Å². The molecule has 28 heavy (non-hydrogen) atoms. The van der Waals surface area contributed by atoms with Crippen molar-refractivity contribution in [1.29, 1.82) is 0 Å². The van der Waals surface area contributed by atoms with Crippen molar-refractivity contribution in [3.8, 4) is 0 Å². The highest BCUT2D eigenvalue weighted by Gasteiger charge is 2.40. The fraction of sp³-hybridized carbons (Fsp3) is 1.00. The van der Waals surface area contributed by atoms with Crippen molar-refractivity contribution in [2.45, 2.75) is 147 Å². The van der Waals surface area contributed by atoms with Crippen molar-refractivity contribution < 1.29 is 0 Å². The zero-order valence-corrected chi connectivity index (χ0v) is 22.0. The molecule has 170 valence electrons. The van der Waals surface area contributed by atoms with Gasteiger partial charge < -0.3 is 0 Å². The molecule has 0 radical (unpaired) electrons. The van der Waals surface area contributed by atoms with Crippen LogP contribution in [0.4, 0.5) is 0 Å². The summed E-state index contributed by atoms with van der Waals surface area (Å²) >= 11 is 0. The van der Waals surface area contributed by atoms with Crippen molar-refractivity contribution in [3.05, 3.63) is 0 Å². The summed E-state index contributed by atoms with van der Waals surface area (Å²) in [6.45, 7) is 25.5. The number of hydrogen-bond donors (Lipinski definition) is 0. The van der Waals surface area contributed by atoms with Crippen molar-refractivity contribution in [2.75, 3.05) is 0 Å². The van der Waals surface area contributed by atoms with Gasteiger partial charge >= 0.3 is 0 Å². The minimum Gasteiger partial charge on any atom is -0.0649 e. The molecule has 0 aromatic heterocycles. The topological polar surface area (TPSA) is 0 Å². The molecule has 0 atom stereocenters. The average Bonchev–Trinajstić information content (AvgIpc) is 3.30. The van der Waals surface area contributed by atoms with Crippen LogP contribution in [0.25, 0.3) is 0 Å². The molecule has 0 aromatic rings. The second-order valence-electron chi connectivity index (χ2n) is 12.4. The van der Waals surface area contributed by atoms with E-state index in [1.807, 2.05) is 0 Å². The van der Waals surface area contributed by atoms with Crippen LogP contribution in [0.15, 0.2) is 0 Å². The molecular formula is C28H58. The molecule has 2 saturated carbocycles. The number of rotatable bonds is 9. The highest BCUT2D eigenvalue weighted by molar-refractivity contribution is 4.92. The van der Waals surface area contributed by atoms with E-state index >= 15 is 0 Å². The van der Waals surface area contributed by atoms with E-state index in [9.17, 15) is 0 Å². The van der Waals surface area contributed by atoms with Gasteiger partial charge in [0.2, 0.25) is 0 Å². The predicted octanol–water partition coefficient (Wildman–Crippen LogP) is 10.3. The minimum atomic E-state index is 0.564. The largest absolute Gasteiger partial charge is 0.0649 e. The first kappa shape index (κ1) is 28.0. The first-order chi connectivity index (χ1) is 12.8. The van der Waals surface area contributed by atoms with Crippen molar-refractivity contribution >= 4 is 0 Å². The molecule has 2 fully saturated rings. The lowest BCUT2D eigenvalue weighted by Crippen LogP contribution is -2.29. The Kier molecular flexibility index (Phi) is 12.6. The zero-order chi connectivity index (χ0) is 22.0. The molecule has 0 heteroatoms. The summed E-state index contributed by atoms with van der Waals surface area (Å²) in [4.78, 5) is 0. The van der Waals surface area contributed by atoms with Gasteiger partial charge in [-0.3, -0.25) is 0 Å². The SMILES string of the molecule is CCC(C)(C)CC(C)C.CCC1(CC(C)C)CC1.CCC1(CC(C)C)CCC1. The fourth-order valence-corrected chi connectivity index (χ4v) is 5.24. The average molecular weight is 395 g/mol. The Morgan fingerprint density at radius 1 is 0.643 bits per heavy atom. The van der Waals surface area contributed by atoms with Crippen molar-refractivity contribution in [1.82, 2.24) is 0 Å². The Morgan fingerprint density at radius 2 is 1.04 bits per heavy atom. The van der Waals surface area contributed by atoms with Crippen molar-refractivity contribution in [3.63, 3.8) is 0 Å². The van der Waals surface area contributed by atoms with Crippen LogP contribution in [0.3, 0.4) is 0 Å². The lowest BCUT2D eigenvalue weighted by Gasteiger charge is -2.42. The molecule has 0 nitrogen and oxygen atoms in total. The molecule has 0 aliphatic heterocycles. The highest BCUT2D eigenvalue weighted by Crippen LogP contribution is 2.53. The van der Waals surface area contributed by atoms with Gasteiger partial charge in [-0.05, 0) is 78.9 Å². The second-order valence-corrected chi connectivity index (χ2v) is 12.4. The van der Waals surface area contributed by atoms with Gasteiger partial charge in [0, 0.05) is 0 Å². The van der Waals surface area contributed by atoms with E-state index in [0.717, 1.165) is 28.6 Å². The van der Waals surface area contributed by atoms with E-state index in [-0.39, 0.29) is 0 Å². The Hall–Kier alpha value is 0. The van der Waals surface area contributed by atoms with Crippen LogP contribution in [0.1, 0.15) is 147 Å².